The molecule has 0 N–H and O–H groups in total. The van der Waals surface area contributed by atoms with E-state index in [0.29, 0.717) is 17.8 Å². The van der Waals surface area contributed by atoms with E-state index >= 15 is 0 Å². The minimum atomic E-state index is -0.00642. The zero-order valence-electron chi connectivity index (χ0n) is 18.8. The van der Waals surface area contributed by atoms with Gasteiger partial charge in [-0.15, -0.1) is 0 Å². The van der Waals surface area contributed by atoms with Crippen LogP contribution < -0.4 is 9.64 Å². The first kappa shape index (κ1) is 20.2. The summed E-state index contributed by atoms with van der Waals surface area (Å²) < 4.78 is 7.04. The molecule has 3 heterocycles. The Kier molecular flexibility index (Phi) is 4.93. The molecule has 1 amide bonds. The highest BCUT2D eigenvalue weighted by Crippen LogP contribution is 2.33. The Balaban J connectivity index is 1.67. The lowest BCUT2D eigenvalue weighted by molar-refractivity contribution is 0.0986. The van der Waals surface area contributed by atoms with E-state index in [1.54, 1.807) is 11.8 Å². The van der Waals surface area contributed by atoms with Gasteiger partial charge in [-0.25, -0.2) is 4.98 Å². The van der Waals surface area contributed by atoms with E-state index in [2.05, 4.69) is 30.2 Å². The Bertz CT molecular complexity index is 1340. The third-order valence-electron chi connectivity index (χ3n) is 6.18. The number of amides is 1. The Morgan fingerprint density at radius 2 is 1.84 bits per heavy atom. The molecule has 32 heavy (non-hydrogen) atoms. The molecule has 2 aromatic carbocycles. The molecule has 5 rings (SSSR count). The molecular weight excluding hydrogens is 400 g/mol. The number of fused-ring (bicyclic) bond motifs is 2. The van der Waals surface area contributed by atoms with E-state index in [1.807, 2.05) is 49.2 Å². The lowest BCUT2D eigenvalue weighted by atomic mass is 9.98. The van der Waals surface area contributed by atoms with Crippen molar-refractivity contribution in [3.63, 3.8) is 0 Å². The summed E-state index contributed by atoms with van der Waals surface area (Å²) in [6, 6.07) is 16.0. The number of anilines is 1. The van der Waals surface area contributed by atoms with Gasteiger partial charge in [-0.05, 0) is 68.7 Å². The van der Waals surface area contributed by atoms with Crippen LogP contribution in [0.3, 0.4) is 0 Å². The van der Waals surface area contributed by atoms with Gasteiger partial charge in [0.25, 0.3) is 5.91 Å². The maximum atomic E-state index is 13.9. The van der Waals surface area contributed by atoms with Gasteiger partial charge in [0.15, 0.2) is 5.65 Å². The van der Waals surface area contributed by atoms with E-state index in [-0.39, 0.29) is 5.91 Å². The summed E-state index contributed by atoms with van der Waals surface area (Å²) in [6.07, 6.45) is 1.95. The van der Waals surface area contributed by atoms with Gasteiger partial charge in [0, 0.05) is 24.8 Å². The number of benzene rings is 2. The summed E-state index contributed by atoms with van der Waals surface area (Å²) in [7, 11) is 3.51. The fourth-order valence-electron chi connectivity index (χ4n) is 4.61. The highest BCUT2D eigenvalue weighted by Gasteiger charge is 2.27. The molecule has 0 saturated heterocycles. The minimum absolute atomic E-state index is 0.00642. The Morgan fingerprint density at radius 3 is 2.59 bits per heavy atom. The fraction of sp³-hybridized carbons (Fsp3) is 0.269. The van der Waals surface area contributed by atoms with Gasteiger partial charge in [0.1, 0.15) is 5.75 Å². The average Bonchev–Trinajstić information content (AvgIpc) is 3.10. The van der Waals surface area contributed by atoms with Crippen LogP contribution in [0.25, 0.3) is 22.3 Å². The lowest BCUT2D eigenvalue weighted by Crippen LogP contribution is -2.35. The highest BCUT2D eigenvalue weighted by molar-refractivity contribution is 6.15. The molecule has 0 unspecified atom stereocenters. The standard InChI is InChI=1S/C26H26N4O2/c1-16-7-12-23-19(14-16)6-5-13-30(23)26(31)21-15-22(18-8-10-20(32-4)11-9-18)27-25-24(21)17(2)28-29(25)3/h7-12,14-15H,5-6,13H2,1-4H3. The van der Waals surface area contributed by atoms with E-state index in [4.69, 9.17) is 9.72 Å². The summed E-state index contributed by atoms with van der Waals surface area (Å²) in [5, 5.41) is 5.37. The molecule has 6 heteroatoms. The smallest absolute Gasteiger partial charge is 0.259 e. The quantitative estimate of drug-likeness (QED) is 0.470. The number of rotatable bonds is 3. The topological polar surface area (TPSA) is 60.2 Å². The van der Waals surface area contributed by atoms with Crippen LogP contribution in [0.2, 0.25) is 0 Å². The predicted molar refractivity (Wildman–Crippen MR) is 126 cm³/mol. The number of carbonyl (C=O) groups is 1. The van der Waals surface area contributed by atoms with Gasteiger partial charge in [0.05, 0.1) is 29.4 Å². The second kappa shape index (κ2) is 7.79. The van der Waals surface area contributed by atoms with Crippen LogP contribution in [0.1, 0.15) is 33.6 Å². The maximum absolute atomic E-state index is 13.9. The van der Waals surface area contributed by atoms with Crippen molar-refractivity contribution in [2.45, 2.75) is 26.7 Å². The summed E-state index contributed by atoms with van der Waals surface area (Å²) in [4.78, 5) is 20.7. The maximum Gasteiger partial charge on any atom is 0.259 e. The van der Waals surface area contributed by atoms with Crippen molar-refractivity contribution in [3.05, 3.63) is 70.9 Å². The highest BCUT2D eigenvalue weighted by atomic mass is 16.5. The van der Waals surface area contributed by atoms with Gasteiger partial charge >= 0.3 is 0 Å². The number of hydrogen-bond acceptors (Lipinski definition) is 4. The fourth-order valence-corrected chi connectivity index (χ4v) is 4.61. The van der Waals surface area contributed by atoms with Crippen molar-refractivity contribution in [3.8, 4) is 17.0 Å². The Hall–Kier alpha value is -3.67. The summed E-state index contributed by atoms with van der Waals surface area (Å²) in [5.41, 5.74) is 7.27. The first-order valence-corrected chi connectivity index (χ1v) is 10.9. The molecule has 0 radical (unpaired) electrons. The molecule has 162 valence electrons. The monoisotopic (exact) mass is 426 g/mol. The van der Waals surface area contributed by atoms with Gasteiger partial charge in [-0.3, -0.25) is 9.48 Å². The second-order valence-corrected chi connectivity index (χ2v) is 8.38. The molecule has 4 aromatic rings. The minimum Gasteiger partial charge on any atom is -0.497 e. The Morgan fingerprint density at radius 1 is 1.06 bits per heavy atom. The summed E-state index contributed by atoms with van der Waals surface area (Å²) in [6.45, 7) is 4.73. The van der Waals surface area contributed by atoms with Gasteiger partial charge in [0.2, 0.25) is 0 Å². The zero-order chi connectivity index (χ0) is 22.4. The lowest BCUT2D eigenvalue weighted by Gasteiger charge is -2.30. The molecule has 0 atom stereocenters. The average molecular weight is 427 g/mol. The molecule has 1 aliphatic heterocycles. The number of hydrogen-bond donors (Lipinski definition) is 0. The molecule has 0 saturated carbocycles. The predicted octanol–water partition coefficient (Wildman–Crippen LogP) is 4.85. The van der Waals surface area contributed by atoms with Crippen molar-refractivity contribution >= 4 is 22.6 Å². The number of ether oxygens (including phenoxy) is 1. The SMILES string of the molecule is COc1ccc(-c2cc(C(=O)N3CCCc4cc(C)ccc43)c3c(C)nn(C)c3n2)cc1. The van der Waals surface area contributed by atoms with Crippen molar-refractivity contribution in [1.29, 1.82) is 0 Å². The number of methoxy groups -OCH3 is 1. The third kappa shape index (κ3) is 3.32. The van der Waals surface area contributed by atoms with Crippen molar-refractivity contribution in [2.75, 3.05) is 18.6 Å². The van der Waals surface area contributed by atoms with Crippen LogP contribution in [-0.4, -0.2) is 34.3 Å². The molecule has 0 aliphatic carbocycles. The van der Waals surface area contributed by atoms with Gasteiger partial charge in [-0.1, -0.05) is 17.7 Å². The van der Waals surface area contributed by atoms with Crippen LogP contribution in [0.5, 0.6) is 5.75 Å². The van der Waals surface area contributed by atoms with Crippen LogP contribution >= 0.6 is 0 Å². The molecule has 1 aliphatic rings. The van der Waals surface area contributed by atoms with Crippen LogP contribution in [-0.2, 0) is 13.5 Å². The zero-order valence-corrected chi connectivity index (χ0v) is 18.8. The number of aromatic nitrogens is 3. The van der Waals surface area contributed by atoms with Gasteiger partial charge < -0.3 is 9.64 Å². The van der Waals surface area contributed by atoms with Crippen molar-refractivity contribution in [1.82, 2.24) is 14.8 Å². The molecule has 6 nitrogen and oxygen atoms in total. The summed E-state index contributed by atoms with van der Waals surface area (Å²) >= 11 is 0. The van der Waals surface area contributed by atoms with E-state index in [9.17, 15) is 4.79 Å². The van der Waals surface area contributed by atoms with Crippen LogP contribution in [0, 0.1) is 13.8 Å². The molecule has 2 aromatic heterocycles. The third-order valence-corrected chi connectivity index (χ3v) is 6.18. The van der Waals surface area contributed by atoms with Crippen LogP contribution in [0.15, 0.2) is 48.5 Å². The molecule has 0 fully saturated rings. The number of aryl methyl sites for hydroxylation is 4. The van der Waals surface area contributed by atoms with E-state index in [1.165, 1.54) is 11.1 Å². The van der Waals surface area contributed by atoms with E-state index in [0.717, 1.165) is 46.6 Å². The molecular formula is C26H26N4O2. The normalized spacial score (nSPS) is 13.3. The second-order valence-electron chi connectivity index (χ2n) is 8.38. The summed E-state index contributed by atoms with van der Waals surface area (Å²) in [5.74, 6) is 0.774. The largest absolute Gasteiger partial charge is 0.497 e. The van der Waals surface area contributed by atoms with Crippen molar-refractivity contribution < 1.29 is 9.53 Å². The number of pyridine rings is 1. The number of nitrogens with zero attached hydrogens (tertiary/aromatic N) is 4. The number of carbonyl (C=O) groups excluding carboxylic acids is 1. The molecule has 0 spiro atoms. The molecule has 0 bridgehead atoms. The Labute approximate surface area is 187 Å². The van der Waals surface area contributed by atoms with Gasteiger partial charge in [-0.2, -0.15) is 5.10 Å². The van der Waals surface area contributed by atoms with Crippen molar-refractivity contribution in [2.24, 2.45) is 7.05 Å². The first-order chi connectivity index (χ1) is 15.5. The first-order valence-electron chi connectivity index (χ1n) is 10.9. The van der Waals surface area contributed by atoms with Crippen LogP contribution in [0.4, 0.5) is 5.69 Å². The van der Waals surface area contributed by atoms with E-state index < -0.39 is 0 Å².